The maximum absolute atomic E-state index is 9.50. The van der Waals surface area contributed by atoms with Gasteiger partial charge < -0.3 is 15.2 Å². The fourth-order valence-corrected chi connectivity index (χ4v) is 2.75. The number of ether oxygens (including phenoxy) is 1. The first-order chi connectivity index (χ1) is 8.04. The van der Waals surface area contributed by atoms with Crippen LogP contribution in [0.25, 0.3) is 0 Å². The van der Waals surface area contributed by atoms with E-state index in [9.17, 15) is 5.11 Å². The molecule has 1 saturated heterocycles. The SMILES string of the molecule is CCNC(C)(CO)CC(C)N1CCC(OC)C1. The standard InChI is InChI=1S/C13H28N2O2/c1-5-14-13(3,10-16)8-11(2)15-7-6-12(9-15)17-4/h11-12,14,16H,5-10H2,1-4H3. The van der Waals surface area contributed by atoms with Crippen LogP contribution in [0.15, 0.2) is 0 Å². The predicted octanol–water partition coefficient (Wildman–Crippen LogP) is 0.846. The zero-order chi connectivity index (χ0) is 12.9. The molecule has 17 heavy (non-hydrogen) atoms. The summed E-state index contributed by atoms with van der Waals surface area (Å²) < 4.78 is 5.39. The van der Waals surface area contributed by atoms with Gasteiger partial charge in [0, 0.05) is 31.8 Å². The normalized spacial score (nSPS) is 27.0. The van der Waals surface area contributed by atoms with Crippen LogP contribution < -0.4 is 5.32 Å². The molecule has 0 amide bonds. The molecule has 0 aromatic carbocycles. The molecular formula is C13H28N2O2. The zero-order valence-electron chi connectivity index (χ0n) is 11.7. The third-order valence-electron chi connectivity index (χ3n) is 3.83. The summed E-state index contributed by atoms with van der Waals surface area (Å²) in [6.07, 6.45) is 2.48. The predicted molar refractivity (Wildman–Crippen MR) is 70.2 cm³/mol. The Morgan fingerprint density at radius 1 is 1.59 bits per heavy atom. The van der Waals surface area contributed by atoms with Crippen LogP contribution in [-0.2, 0) is 4.74 Å². The minimum atomic E-state index is -0.167. The minimum absolute atomic E-state index is 0.167. The molecule has 0 spiro atoms. The van der Waals surface area contributed by atoms with E-state index in [0.29, 0.717) is 12.1 Å². The molecule has 3 atom stereocenters. The van der Waals surface area contributed by atoms with Gasteiger partial charge in [-0.1, -0.05) is 6.92 Å². The van der Waals surface area contributed by atoms with Gasteiger partial charge in [-0.25, -0.2) is 0 Å². The minimum Gasteiger partial charge on any atom is -0.394 e. The lowest BCUT2D eigenvalue weighted by Gasteiger charge is -2.35. The second-order valence-corrected chi connectivity index (χ2v) is 5.44. The van der Waals surface area contributed by atoms with E-state index in [1.165, 1.54) is 0 Å². The maximum atomic E-state index is 9.50. The number of likely N-dealkylation sites (tertiary alicyclic amines) is 1. The van der Waals surface area contributed by atoms with Crippen molar-refractivity contribution in [2.75, 3.05) is 33.4 Å². The molecule has 0 bridgehead atoms. The van der Waals surface area contributed by atoms with Gasteiger partial charge in [-0.2, -0.15) is 0 Å². The number of hydrogen-bond acceptors (Lipinski definition) is 4. The lowest BCUT2D eigenvalue weighted by molar-refractivity contribution is 0.0903. The Kier molecular flexibility index (Phi) is 5.86. The fourth-order valence-electron chi connectivity index (χ4n) is 2.75. The van der Waals surface area contributed by atoms with Crippen LogP contribution in [0.2, 0.25) is 0 Å². The lowest BCUT2D eigenvalue weighted by atomic mass is 9.94. The van der Waals surface area contributed by atoms with Crippen LogP contribution in [-0.4, -0.2) is 61.0 Å². The molecule has 1 fully saturated rings. The van der Waals surface area contributed by atoms with Crippen LogP contribution in [0.1, 0.15) is 33.6 Å². The largest absolute Gasteiger partial charge is 0.394 e. The van der Waals surface area contributed by atoms with Crippen molar-refractivity contribution in [2.45, 2.75) is 51.3 Å². The Morgan fingerprint density at radius 2 is 2.29 bits per heavy atom. The van der Waals surface area contributed by atoms with Gasteiger partial charge in [0.2, 0.25) is 0 Å². The van der Waals surface area contributed by atoms with E-state index in [-0.39, 0.29) is 12.1 Å². The highest BCUT2D eigenvalue weighted by Gasteiger charge is 2.31. The average molecular weight is 244 g/mol. The smallest absolute Gasteiger partial charge is 0.0710 e. The number of likely N-dealkylation sites (N-methyl/N-ethyl adjacent to an activating group) is 1. The van der Waals surface area contributed by atoms with Crippen molar-refractivity contribution in [1.29, 1.82) is 0 Å². The summed E-state index contributed by atoms with van der Waals surface area (Å²) in [7, 11) is 1.79. The van der Waals surface area contributed by atoms with Crippen molar-refractivity contribution in [1.82, 2.24) is 10.2 Å². The van der Waals surface area contributed by atoms with E-state index in [4.69, 9.17) is 4.74 Å². The Bertz CT molecular complexity index is 225. The van der Waals surface area contributed by atoms with Crippen LogP contribution in [0.3, 0.4) is 0 Å². The van der Waals surface area contributed by atoms with Crippen molar-refractivity contribution < 1.29 is 9.84 Å². The van der Waals surface area contributed by atoms with E-state index in [1.54, 1.807) is 7.11 Å². The third-order valence-corrected chi connectivity index (χ3v) is 3.83. The molecule has 4 heteroatoms. The highest BCUT2D eigenvalue weighted by molar-refractivity contribution is 4.89. The molecule has 1 aliphatic rings. The van der Waals surface area contributed by atoms with E-state index < -0.39 is 0 Å². The van der Waals surface area contributed by atoms with Crippen molar-refractivity contribution in [3.05, 3.63) is 0 Å². The number of aliphatic hydroxyl groups excluding tert-OH is 1. The molecule has 0 aliphatic carbocycles. The summed E-state index contributed by atoms with van der Waals surface area (Å²) >= 11 is 0. The van der Waals surface area contributed by atoms with Gasteiger partial charge in [-0.3, -0.25) is 4.90 Å². The summed E-state index contributed by atoms with van der Waals surface area (Å²) in [5.74, 6) is 0. The third kappa shape index (κ3) is 4.21. The van der Waals surface area contributed by atoms with Gasteiger partial charge in [0.05, 0.1) is 12.7 Å². The molecule has 102 valence electrons. The lowest BCUT2D eigenvalue weighted by Crippen LogP contribution is -2.50. The fraction of sp³-hybridized carbons (Fsp3) is 1.00. The first-order valence-electron chi connectivity index (χ1n) is 6.67. The summed E-state index contributed by atoms with van der Waals surface area (Å²) in [6.45, 7) is 9.62. The summed E-state index contributed by atoms with van der Waals surface area (Å²) in [6, 6.07) is 0.478. The zero-order valence-corrected chi connectivity index (χ0v) is 11.7. The molecule has 2 N–H and O–H groups in total. The summed E-state index contributed by atoms with van der Waals surface area (Å²) in [5, 5.41) is 12.9. The highest BCUT2D eigenvalue weighted by atomic mass is 16.5. The van der Waals surface area contributed by atoms with Crippen molar-refractivity contribution in [3.63, 3.8) is 0 Å². The molecule has 1 aliphatic heterocycles. The topological polar surface area (TPSA) is 44.7 Å². The molecule has 1 heterocycles. The van der Waals surface area contributed by atoms with E-state index in [0.717, 1.165) is 32.5 Å². The molecular weight excluding hydrogens is 216 g/mol. The first-order valence-corrected chi connectivity index (χ1v) is 6.67. The van der Waals surface area contributed by atoms with Gasteiger partial charge in [0.15, 0.2) is 0 Å². The second-order valence-electron chi connectivity index (χ2n) is 5.44. The van der Waals surface area contributed by atoms with E-state index >= 15 is 0 Å². The van der Waals surface area contributed by atoms with Crippen LogP contribution in [0.5, 0.6) is 0 Å². The quantitative estimate of drug-likeness (QED) is 0.697. The van der Waals surface area contributed by atoms with Gasteiger partial charge in [-0.15, -0.1) is 0 Å². The number of aliphatic hydroxyl groups is 1. The second kappa shape index (κ2) is 6.69. The monoisotopic (exact) mass is 244 g/mol. The van der Waals surface area contributed by atoms with Crippen LogP contribution in [0, 0.1) is 0 Å². The molecule has 1 rings (SSSR count). The van der Waals surface area contributed by atoms with Gasteiger partial charge >= 0.3 is 0 Å². The summed E-state index contributed by atoms with van der Waals surface area (Å²) in [4.78, 5) is 2.46. The molecule has 0 saturated carbocycles. The van der Waals surface area contributed by atoms with E-state index in [2.05, 4.69) is 31.0 Å². The maximum Gasteiger partial charge on any atom is 0.0710 e. The number of rotatable bonds is 7. The van der Waals surface area contributed by atoms with Crippen LogP contribution >= 0.6 is 0 Å². The van der Waals surface area contributed by atoms with Crippen molar-refractivity contribution in [3.8, 4) is 0 Å². The molecule has 0 aromatic rings. The Hall–Kier alpha value is -0.160. The Morgan fingerprint density at radius 3 is 2.76 bits per heavy atom. The van der Waals surface area contributed by atoms with Gasteiger partial charge in [0.1, 0.15) is 0 Å². The number of nitrogens with zero attached hydrogens (tertiary/aromatic N) is 1. The number of methoxy groups -OCH3 is 1. The highest BCUT2D eigenvalue weighted by Crippen LogP contribution is 2.21. The Balaban J connectivity index is 2.45. The first kappa shape index (κ1) is 14.9. The van der Waals surface area contributed by atoms with E-state index in [1.807, 2.05) is 0 Å². The molecule has 0 radical (unpaired) electrons. The number of nitrogens with one attached hydrogen (secondary N) is 1. The average Bonchev–Trinajstić information content (AvgIpc) is 2.78. The molecule has 0 aromatic heterocycles. The molecule has 3 unspecified atom stereocenters. The Labute approximate surface area is 105 Å². The van der Waals surface area contributed by atoms with Crippen molar-refractivity contribution in [2.24, 2.45) is 0 Å². The van der Waals surface area contributed by atoms with Gasteiger partial charge in [0.25, 0.3) is 0 Å². The summed E-state index contributed by atoms with van der Waals surface area (Å²) in [5.41, 5.74) is -0.167. The molecule has 4 nitrogen and oxygen atoms in total. The van der Waals surface area contributed by atoms with Crippen LogP contribution in [0.4, 0.5) is 0 Å². The number of hydrogen-bond donors (Lipinski definition) is 2. The van der Waals surface area contributed by atoms with Crippen molar-refractivity contribution >= 4 is 0 Å². The van der Waals surface area contributed by atoms with Gasteiger partial charge in [-0.05, 0) is 33.2 Å².